The highest BCUT2D eigenvalue weighted by molar-refractivity contribution is 5.78. The summed E-state index contributed by atoms with van der Waals surface area (Å²) >= 11 is 0. The maximum absolute atomic E-state index is 12.6. The predicted molar refractivity (Wildman–Crippen MR) is 88.8 cm³/mol. The van der Waals surface area contributed by atoms with Crippen molar-refractivity contribution in [3.63, 3.8) is 0 Å². The summed E-state index contributed by atoms with van der Waals surface area (Å²) in [4.78, 5) is 13.4. The van der Waals surface area contributed by atoms with Gasteiger partial charge in [0.15, 0.2) is 5.82 Å². The number of anilines is 1. The van der Waals surface area contributed by atoms with Crippen molar-refractivity contribution >= 4 is 5.69 Å². The molecule has 25 heavy (non-hydrogen) atoms. The van der Waals surface area contributed by atoms with Gasteiger partial charge in [-0.15, -0.1) is 0 Å². The first-order valence-electron chi connectivity index (χ1n) is 7.48. The number of hydrogen-bond acceptors (Lipinski definition) is 4. The number of nitrogens with one attached hydrogen (secondary N) is 1. The number of rotatable bonds is 2. The molecule has 0 aliphatic heterocycles. The Morgan fingerprint density at radius 1 is 1.04 bits per heavy atom. The first-order valence-corrected chi connectivity index (χ1v) is 7.48. The summed E-state index contributed by atoms with van der Waals surface area (Å²) < 4.78 is 42.2. The summed E-state index contributed by atoms with van der Waals surface area (Å²) in [5.74, 6) is -0.569. The average Bonchev–Trinajstić information content (AvgIpc) is 3.03. The summed E-state index contributed by atoms with van der Waals surface area (Å²) in [5.41, 5.74) is 7.10. The van der Waals surface area contributed by atoms with Gasteiger partial charge >= 0.3 is 11.9 Å². The molecule has 0 unspecified atom stereocenters. The topological polar surface area (TPSA) is 84.9 Å². The molecule has 0 spiro atoms. The van der Waals surface area contributed by atoms with Crippen molar-refractivity contribution in [2.24, 2.45) is 0 Å². The largest absolute Gasteiger partial charge is 0.439 e. The lowest BCUT2D eigenvalue weighted by Crippen LogP contribution is -2.04. The van der Waals surface area contributed by atoms with Crippen LogP contribution in [0, 0.1) is 0 Å². The van der Waals surface area contributed by atoms with Gasteiger partial charge in [-0.05, 0) is 35.4 Å². The third kappa shape index (κ3) is 4.09. The Balaban J connectivity index is 0.00000109. The van der Waals surface area contributed by atoms with Crippen molar-refractivity contribution in [3.8, 4) is 22.5 Å². The second-order valence-electron chi connectivity index (χ2n) is 4.82. The molecule has 5 nitrogen and oxygen atoms in total. The Labute approximate surface area is 141 Å². The van der Waals surface area contributed by atoms with Crippen LogP contribution in [0.4, 0.5) is 18.9 Å². The van der Waals surface area contributed by atoms with E-state index in [1.165, 1.54) is 12.1 Å². The summed E-state index contributed by atoms with van der Waals surface area (Å²) in [5, 5.41) is 3.56. The monoisotopic (exact) mass is 351 g/mol. The Morgan fingerprint density at radius 3 is 2.16 bits per heavy atom. The van der Waals surface area contributed by atoms with Crippen LogP contribution in [0.15, 0.2) is 51.8 Å². The lowest BCUT2D eigenvalue weighted by atomic mass is 10.0. The van der Waals surface area contributed by atoms with E-state index in [1.54, 1.807) is 18.2 Å². The fourth-order valence-corrected chi connectivity index (χ4v) is 2.14. The van der Waals surface area contributed by atoms with Crippen molar-refractivity contribution in [3.05, 3.63) is 58.6 Å². The first kappa shape index (κ1) is 18.3. The van der Waals surface area contributed by atoms with E-state index in [9.17, 15) is 18.0 Å². The summed E-state index contributed by atoms with van der Waals surface area (Å²) in [6.45, 7) is 4.00. The van der Waals surface area contributed by atoms with Crippen molar-refractivity contribution in [2.45, 2.75) is 20.0 Å². The standard InChI is InChI=1S/C15H10F3N3O2.C2H6/c16-15(17,18)10-4-1-8(2-5-10)9-3-6-12(19)11(7-9)13-20-14(22)23-21-13;1-2/h1-7H,19H2,(H,20,21,22);1-2H3. The molecular weight excluding hydrogens is 335 g/mol. The van der Waals surface area contributed by atoms with Gasteiger partial charge in [-0.2, -0.15) is 13.2 Å². The zero-order valence-corrected chi connectivity index (χ0v) is 13.5. The fourth-order valence-electron chi connectivity index (χ4n) is 2.14. The van der Waals surface area contributed by atoms with Gasteiger partial charge in [-0.1, -0.05) is 37.2 Å². The summed E-state index contributed by atoms with van der Waals surface area (Å²) in [6.07, 6.45) is -4.38. The number of aromatic nitrogens is 2. The molecule has 2 aromatic carbocycles. The summed E-state index contributed by atoms with van der Waals surface area (Å²) in [7, 11) is 0. The van der Waals surface area contributed by atoms with Gasteiger partial charge in [-0.25, -0.2) is 4.79 Å². The minimum Gasteiger partial charge on any atom is -0.398 e. The second-order valence-corrected chi connectivity index (χ2v) is 4.82. The van der Waals surface area contributed by atoms with Gasteiger partial charge in [0.1, 0.15) is 0 Å². The van der Waals surface area contributed by atoms with E-state index >= 15 is 0 Å². The summed E-state index contributed by atoms with van der Waals surface area (Å²) in [6, 6.07) is 9.60. The molecule has 0 saturated carbocycles. The highest BCUT2D eigenvalue weighted by Gasteiger charge is 2.29. The van der Waals surface area contributed by atoms with E-state index in [4.69, 9.17) is 5.73 Å². The average molecular weight is 351 g/mol. The quantitative estimate of drug-likeness (QED) is 0.673. The van der Waals surface area contributed by atoms with Crippen molar-refractivity contribution < 1.29 is 17.7 Å². The molecule has 3 N–H and O–H groups in total. The van der Waals surface area contributed by atoms with Crippen LogP contribution in [0.5, 0.6) is 0 Å². The molecular formula is C17H16F3N3O2. The molecule has 1 heterocycles. The van der Waals surface area contributed by atoms with Crippen LogP contribution in [0.25, 0.3) is 22.5 Å². The van der Waals surface area contributed by atoms with Crippen molar-refractivity contribution in [1.29, 1.82) is 0 Å². The second kappa shape index (κ2) is 7.25. The van der Waals surface area contributed by atoms with E-state index in [2.05, 4.69) is 14.7 Å². The molecule has 3 rings (SSSR count). The molecule has 0 aliphatic carbocycles. The van der Waals surface area contributed by atoms with Crippen molar-refractivity contribution in [2.75, 3.05) is 5.73 Å². The lowest BCUT2D eigenvalue weighted by molar-refractivity contribution is -0.137. The minimum atomic E-state index is -4.38. The van der Waals surface area contributed by atoms with Crippen LogP contribution in [0.1, 0.15) is 19.4 Å². The number of H-pyrrole nitrogens is 1. The highest BCUT2D eigenvalue weighted by Crippen LogP contribution is 2.33. The van der Waals surface area contributed by atoms with Crippen molar-refractivity contribution in [1.82, 2.24) is 10.1 Å². The molecule has 0 atom stereocenters. The van der Waals surface area contributed by atoms with Crippen LogP contribution < -0.4 is 11.5 Å². The third-order valence-electron chi connectivity index (χ3n) is 3.29. The van der Waals surface area contributed by atoms with Crippen LogP contribution in [0.3, 0.4) is 0 Å². The molecule has 3 aromatic rings. The molecule has 0 radical (unpaired) electrons. The zero-order valence-electron chi connectivity index (χ0n) is 13.5. The minimum absolute atomic E-state index is 0.154. The number of hydrogen-bond donors (Lipinski definition) is 2. The fraction of sp³-hybridized carbons (Fsp3) is 0.176. The third-order valence-corrected chi connectivity index (χ3v) is 3.29. The van der Waals surface area contributed by atoms with Gasteiger partial charge in [-0.3, -0.25) is 9.51 Å². The molecule has 0 amide bonds. The van der Waals surface area contributed by atoms with Gasteiger partial charge in [0.05, 0.1) is 5.56 Å². The van der Waals surface area contributed by atoms with Crippen LogP contribution in [0.2, 0.25) is 0 Å². The van der Waals surface area contributed by atoms with Gasteiger partial charge in [0.2, 0.25) is 0 Å². The predicted octanol–water partition coefficient (Wildman–Crippen LogP) is 4.32. The number of nitrogens with zero attached hydrogens (tertiary/aromatic N) is 1. The van der Waals surface area contributed by atoms with E-state index < -0.39 is 17.5 Å². The van der Waals surface area contributed by atoms with Crippen LogP contribution >= 0.6 is 0 Å². The van der Waals surface area contributed by atoms with Gasteiger partial charge in [0, 0.05) is 11.3 Å². The zero-order chi connectivity index (χ0) is 18.6. The first-order chi connectivity index (χ1) is 11.8. The van der Waals surface area contributed by atoms with E-state index in [1.807, 2.05) is 13.8 Å². The SMILES string of the molecule is CC.Nc1ccc(-c2ccc(C(F)(F)F)cc2)cc1-c1noc(=O)[nH]1. The van der Waals surface area contributed by atoms with E-state index in [-0.39, 0.29) is 5.82 Å². The number of alkyl halides is 3. The Kier molecular flexibility index (Phi) is 5.31. The number of nitrogen functional groups attached to an aromatic ring is 1. The molecule has 0 aliphatic rings. The Morgan fingerprint density at radius 2 is 1.64 bits per heavy atom. The van der Waals surface area contributed by atoms with E-state index in [0.29, 0.717) is 22.4 Å². The molecule has 0 fully saturated rings. The lowest BCUT2D eigenvalue weighted by Gasteiger charge is -2.09. The Bertz CT molecular complexity index is 896. The number of benzene rings is 2. The highest BCUT2D eigenvalue weighted by atomic mass is 19.4. The maximum Gasteiger partial charge on any atom is 0.439 e. The normalized spacial score (nSPS) is 10.9. The number of halogens is 3. The molecule has 0 bridgehead atoms. The van der Waals surface area contributed by atoms with E-state index in [0.717, 1.165) is 12.1 Å². The number of nitrogens with two attached hydrogens (primary N) is 1. The molecule has 132 valence electrons. The maximum atomic E-state index is 12.6. The molecule has 8 heteroatoms. The number of aromatic amines is 1. The smallest absolute Gasteiger partial charge is 0.398 e. The van der Waals surface area contributed by atoms with Crippen LogP contribution in [-0.2, 0) is 6.18 Å². The van der Waals surface area contributed by atoms with Crippen LogP contribution in [-0.4, -0.2) is 10.1 Å². The Hall–Kier alpha value is -3.03. The molecule has 1 aromatic heterocycles. The van der Waals surface area contributed by atoms with Gasteiger partial charge in [0.25, 0.3) is 0 Å². The van der Waals surface area contributed by atoms with Gasteiger partial charge < -0.3 is 5.73 Å². The molecule has 0 saturated heterocycles.